The minimum atomic E-state index is -0.350. The van der Waals surface area contributed by atoms with Crippen LogP contribution in [-0.4, -0.2) is 0 Å². The van der Waals surface area contributed by atoms with E-state index >= 15 is 0 Å². The number of fused-ring (bicyclic) bond motifs is 9. The molecule has 236 valence electrons. The highest BCUT2D eigenvalue weighted by Crippen LogP contribution is 2.64. The van der Waals surface area contributed by atoms with E-state index < -0.39 is 0 Å². The Labute approximate surface area is 288 Å². The predicted octanol–water partition coefficient (Wildman–Crippen LogP) is 11.0. The van der Waals surface area contributed by atoms with Gasteiger partial charge in [-0.15, -0.1) is 0 Å². The molecule has 2 aliphatic carbocycles. The lowest BCUT2D eigenvalue weighted by Crippen LogP contribution is -2.37. The van der Waals surface area contributed by atoms with Crippen molar-refractivity contribution in [1.82, 2.24) is 5.32 Å². The number of nitrogens with one attached hydrogen (secondary N) is 1. The first-order valence-corrected chi connectivity index (χ1v) is 17.3. The van der Waals surface area contributed by atoms with Crippen molar-refractivity contribution in [2.45, 2.75) is 24.3 Å². The molecule has 0 saturated heterocycles. The van der Waals surface area contributed by atoms with Crippen LogP contribution in [0.1, 0.15) is 44.9 Å². The van der Waals surface area contributed by atoms with E-state index in [1.807, 2.05) is 0 Å². The van der Waals surface area contributed by atoms with Crippen molar-refractivity contribution in [3.05, 3.63) is 221 Å². The van der Waals surface area contributed by atoms with Gasteiger partial charge < -0.3 is 10.1 Å². The molecule has 9 rings (SSSR count). The summed E-state index contributed by atoms with van der Waals surface area (Å²) in [5.41, 5.74) is 12.2. The lowest BCUT2D eigenvalue weighted by molar-refractivity contribution is 0.374. The molecule has 0 bridgehead atoms. The summed E-state index contributed by atoms with van der Waals surface area (Å²) in [5, 5.41) is 3.73. The van der Waals surface area contributed by atoms with Crippen LogP contribution in [0.25, 0.3) is 16.8 Å². The monoisotopic (exact) mass is 631 g/mol. The number of benzene rings is 6. The highest BCUT2D eigenvalue weighted by atomic mass is 16.5. The van der Waals surface area contributed by atoms with E-state index in [2.05, 4.69) is 187 Å². The normalized spacial score (nSPS) is 19.8. The van der Waals surface area contributed by atoms with Gasteiger partial charge in [0.2, 0.25) is 0 Å². The number of rotatable bonds is 7. The maximum atomic E-state index is 6.67. The van der Waals surface area contributed by atoms with E-state index in [1.54, 1.807) is 0 Å². The second-order valence-electron chi connectivity index (χ2n) is 13.2. The Kier molecular flexibility index (Phi) is 7.35. The Morgan fingerprint density at radius 3 is 2.06 bits per heavy atom. The maximum absolute atomic E-state index is 6.67. The van der Waals surface area contributed by atoms with Crippen LogP contribution in [0, 0.1) is 5.92 Å². The molecule has 0 amide bonds. The first kappa shape index (κ1) is 29.3. The van der Waals surface area contributed by atoms with Gasteiger partial charge in [-0.2, -0.15) is 0 Å². The lowest BCUT2D eigenvalue weighted by atomic mass is 9.61. The largest absolute Gasteiger partial charge is 0.457 e. The van der Waals surface area contributed by atoms with Gasteiger partial charge in [0.05, 0.1) is 5.41 Å². The molecule has 2 heteroatoms. The van der Waals surface area contributed by atoms with Crippen LogP contribution in [0.5, 0.6) is 11.5 Å². The molecule has 49 heavy (non-hydrogen) atoms. The van der Waals surface area contributed by atoms with E-state index in [-0.39, 0.29) is 11.3 Å². The minimum absolute atomic E-state index is 0.254. The zero-order valence-electron chi connectivity index (χ0n) is 27.3. The summed E-state index contributed by atoms with van der Waals surface area (Å²) in [6.07, 6.45) is 12.4. The molecule has 2 nitrogen and oxygen atoms in total. The summed E-state index contributed by atoms with van der Waals surface area (Å²) in [6, 6.07) is 54.7. The summed E-state index contributed by atoms with van der Waals surface area (Å²) >= 11 is 0. The number of ether oxygens (including phenoxy) is 1. The molecule has 3 unspecified atom stereocenters. The molecule has 6 aromatic rings. The van der Waals surface area contributed by atoms with Gasteiger partial charge in [-0.1, -0.05) is 164 Å². The van der Waals surface area contributed by atoms with E-state index in [1.165, 1.54) is 50.1 Å². The Hall–Kier alpha value is -5.86. The van der Waals surface area contributed by atoms with Crippen molar-refractivity contribution in [2.75, 3.05) is 0 Å². The topological polar surface area (TPSA) is 21.3 Å². The fourth-order valence-electron chi connectivity index (χ4n) is 8.31. The Bertz CT molecular complexity index is 2230. The molecule has 0 saturated carbocycles. The lowest BCUT2D eigenvalue weighted by Gasteiger charge is -2.43. The van der Waals surface area contributed by atoms with Crippen LogP contribution in [-0.2, 0) is 18.4 Å². The van der Waals surface area contributed by atoms with E-state index in [4.69, 9.17) is 4.74 Å². The second-order valence-corrected chi connectivity index (χ2v) is 13.2. The summed E-state index contributed by atoms with van der Waals surface area (Å²) in [6.45, 7) is 0.769. The first-order valence-electron chi connectivity index (χ1n) is 17.3. The van der Waals surface area contributed by atoms with Crippen LogP contribution in [0.3, 0.4) is 0 Å². The zero-order chi connectivity index (χ0) is 32.6. The van der Waals surface area contributed by atoms with E-state index in [9.17, 15) is 0 Å². The number of para-hydroxylation sites is 1. The average molecular weight is 632 g/mol. The standard InChI is InChI=1S/C47H37NO/c1-3-13-33(14-4-1)23-29-44(48-32-34-15-5-2-6-16-34)36-26-24-35(25-27-36)37-28-30-46-43(31-37)47(42-21-11-12-22-45(42)49-46)40-19-9-7-17-38(40)39-18-8-10-20-41(39)47/h1-22,24-31,38,40,48H,23,32H2/b44-29-. The molecule has 0 aromatic heterocycles. The van der Waals surface area contributed by atoms with E-state index in [0.29, 0.717) is 5.92 Å². The van der Waals surface area contributed by atoms with Crippen LogP contribution in [0.15, 0.2) is 182 Å². The summed E-state index contributed by atoms with van der Waals surface area (Å²) in [4.78, 5) is 0. The smallest absolute Gasteiger partial charge is 0.131 e. The molecular formula is C47H37NO. The average Bonchev–Trinajstić information content (AvgIpc) is 3.46. The summed E-state index contributed by atoms with van der Waals surface area (Å²) < 4.78 is 6.67. The molecule has 1 heterocycles. The predicted molar refractivity (Wildman–Crippen MR) is 201 cm³/mol. The quantitative estimate of drug-likeness (QED) is 0.189. The Balaban J connectivity index is 1.11. The van der Waals surface area contributed by atoms with Gasteiger partial charge in [0.1, 0.15) is 11.5 Å². The third-order valence-electron chi connectivity index (χ3n) is 10.6. The first-order chi connectivity index (χ1) is 24.3. The third kappa shape index (κ3) is 5.03. The van der Waals surface area contributed by atoms with Crippen molar-refractivity contribution in [3.8, 4) is 22.6 Å². The fourth-order valence-corrected chi connectivity index (χ4v) is 8.31. The van der Waals surface area contributed by atoms with Crippen molar-refractivity contribution >= 4 is 5.70 Å². The molecule has 3 aliphatic rings. The zero-order valence-corrected chi connectivity index (χ0v) is 27.3. The number of hydrogen-bond donors (Lipinski definition) is 1. The third-order valence-corrected chi connectivity index (χ3v) is 10.6. The van der Waals surface area contributed by atoms with Crippen LogP contribution in [0.2, 0.25) is 0 Å². The van der Waals surface area contributed by atoms with Crippen molar-refractivity contribution in [1.29, 1.82) is 0 Å². The fraction of sp³-hybridized carbons (Fsp3) is 0.106. The molecule has 6 aromatic carbocycles. The molecule has 1 N–H and O–H groups in total. The molecule has 0 radical (unpaired) electrons. The van der Waals surface area contributed by atoms with Gasteiger partial charge >= 0.3 is 0 Å². The Morgan fingerprint density at radius 1 is 0.592 bits per heavy atom. The van der Waals surface area contributed by atoms with E-state index in [0.717, 1.165) is 30.2 Å². The highest BCUT2D eigenvalue weighted by molar-refractivity contribution is 5.76. The van der Waals surface area contributed by atoms with Gasteiger partial charge in [-0.3, -0.25) is 0 Å². The van der Waals surface area contributed by atoms with Crippen LogP contribution >= 0.6 is 0 Å². The van der Waals surface area contributed by atoms with Crippen LogP contribution in [0.4, 0.5) is 0 Å². The molecule has 1 aliphatic heterocycles. The second kappa shape index (κ2) is 12.3. The van der Waals surface area contributed by atoms with Gasteiger partial charge in [0, 0.05) is 35.2 Å². The number of hydrogen-bond acceptors (Lipinski definition) is 2. The maximum Gasteiger partial charge on any atom is 0.131 e. The van der Waals surface area contributed by atoms with Crippen LogP contribution < -0.4 is 10.1 Å². The molecular weight excluding hydrogens is 595 g/mol. The highest BCUT2D eigenvalue weighted by Gasteiger charge is 2.56. The Morgan fingerprint density at radius 2 is 1.24 bits per heavy atom. The summed E-state index contributed by atoms with van der Waals surface area (Å²) in [5.74, 6) is 2.45. The van der Waals surface area contributed by atoms with Crippen molar-refractivity contribution in [3.63, 3.8) is 0 Å². The molecule has 3 atom stereocenters. The SMILES string of the molecule is C1=CC2c3ccccc3C3(c4ccccc4Oc4ccc(-c5ccc(/C(=C/Cc6ccccc6)NCc6ccccc6)cc5)cc43)C2C=C1. The van der Waals surface area contributed by atoms with Gasteiger partial charge in [0.25, 0.3) is 0 Å². The number of allylic oxidation sites excluding steroid dienone is 5. The molecule has 0 fully saturated rings. The minimum Gasteiger partial charge on any atom is -0.457 e. The van der Waals surface area contributed by atoms with Crippen molar-refractivity contribution < 1.29 is 4.74 Å². The van der Waals surface area contributed by atoms with Gasteiger partial charge in [0.15, 0.2) is 0 Å². The van der Waals surface area contributed by atoms with Gasteiger partial charge in [-0.25, -0.2) is 0 Å². The van der Waals surface area contributed by atoms with Gasteiger partial charge in [-0.05, 0) is 63.6 Å². The molecule has 1 spiro atoms. The van der Waals surface area contributed by atoms with Crippen molar-refractivity contribution in [2.24, 2.45) is 5.92 Å². The summed E-state index contributed by atoms with van der Waals surface area (Å²) in [7, 11) is 0.